The Hall–Kier alpha value is -2.56. The molecule has 18 heavy (non-hydrogen) atoms. The highest BCUT2D eigenvalue weighted by atomic mass is 16.4. The Bertz CT molecular complexity index is 809. The minimum atomic E-state index is -1.06. The van der Waals surface area contributed by atoms with Gasteiger partial charge in [0.15, 0.2) is 0 Å². The molecule has 0 radical (unpaired) electrons. The molecule has 3 rings (SSSR count). The van der Waals surface area contributed by atoms with E-state index in [-0.39, 0.29) is 12.0 Å². The third-order valence-electron chi connectivity index (χ3n) is 2.72. The molecular formula is C13H8O5. The number of furan rings is 1. The molecule has 0 aliphatic carbocycles. The Morgan fingerprint density at radius 3 is 2.78 bits per heavy atom. The lowest BCUT2D eigenvalue weighted by molar-refractivity contribution is -0.136. The van der Waals surface area contributed by atoms with Gasteiger partial charge in [0, 0.05) is 22.4 Å². The topological polar surface area (TPSA) is 80.7 Å². The first-order valence-corrected chi connectivity index (χ1v) is 5.29. The van der Waals surface area contributed by atoms with Crippen LogP contribution >= 0.6 is 0 Å². The van der Waals surface area contributed by atoms with Crippen molar-refractivity contribution >= 4 is 27.9 Å². The van der Waals surface area contributed by atoms with E-state index >= 15 is 0 Å². The normalized spacial score (nSPS) is 11.1. The number of hydrogen-bond donors (Lipinski definition) is 1. The van der Waals surface area contributed by atoms with Gasteiger partial charge in [-0.2, -0.15) is 0 Å². The molecule has 1 N–H and O–H groups in total. The minimum Gasteiger partial charge on any atom is -0.481 e. The molecule has 1 aromatic carbocycles. The highest BCUT2D eigenvalue weighted by molar-refractivity contribution is 5.93. The Morgan fingerprint density at radius 1 is 1.17 bits per heavy atom. The summed E-state index contributed by atoms with van der Waals surface area (Å²) in [7, 11) is 0. The average molecular weight is 244 g/mol. The van der Waals surface area contributed by atoms with Crippen molar-refractivity contribution in [2.45, 2.75) is 6.42 Å². The molecule has 5 nitrogen and oxygen atoms in total. The summed E-state index contributed by atoms with van der Waals surface area (Å²) in [5.41, 5.74) is 0.516. The second-order valence-corrected chi connectivity index (χ2v) is 3.98. The zero-order valence-electron chi connectivity index (χ0n) is 9.17. The summed E-state index contributed by atoms with van der Waals surface area (Å²) in [5.74, 6) is -1.06. The van der Waals surface area contributed by atoms with Crippen LogP contribution < -0.4 is 5.63 Å². The highest BCUT2D eigenvalue weighted by Gasteiger charge is 2.10. The molecule has 0 fully saturated rings. The third kappa shape index (κ3) is 1.66. The average Bonchev–Trinajstić information content (AvgIpc) is 2.73. The Labute approximate surface area is 100 Å². The van der Waals surface area contributed by atoms with Crippen LogP contribution in [0.25, 0.3) is 21.9 Å². The third-order valence-corrected chi connectivity index (χ3v) is 2.72. The van der Waals surface area contributed by atoms with E-state index in [2.05, 4.69) is 0 Å². The van der Waals surface area contributed by atoms with Gasteiger partial charge < -0.3 is 13.9 Å². The second-order valence-electron chi connectivity index (χ2n) is 3.98. The summed E-state index contributed by atoms with van der Waals surface area (Å²) >= 11 is 0. The van der Waals surface area contributed by atoms with Crippen molar-refractivity contribution < 1.29 is 18.7 Å². The molecule has 2 aromatic heterocycles. The molecule has 0 saturated carbocycles. The first-order valence-electron chi connectivity index (χ1n) is 5.29. The summed E-state index contributed by atoms with van der Waals surface area (Å²) in [6.07, 6.45) is 1.20. The number of fused-ring (bicyclic) bond motifs is 2. The van der Waals surface area contributed by atoms with Crippen molar-refractivity contribution in [3.8, 4) is 0 Å². The van der Waals surface area contributed by atoms with Gasteiger partial charge in [-0.15, -0.1) is 0 Å². The molecule has 0 atom stereocenters. The molecule has 0 spiro atoms. The van der Waals surface area contributed by atoms with Crippen LogP contribution in [0.5, 0.6) is 0 Å². The fourth-order valence-electron chi connectivity index (χ4n) is 1.91. The molecule has 5 heteroatoms. The SMILES string of the molecule is O=C(O)Cc1cc2cc3ccoc3cc2oc1=O. The maximum absolute atomic E-state index is 11.6. The molecule has 0 aliphatic rings. The number of carboxylic acid groups (broad SMARTS) is 1. The lowest BCUT2D eigenvalue weighted by atomic mass is 10.1. The minimum absolute atomic E-state index is 0.137. The van der Waals surface area contributed by atoms with Crippen molar-refractivity contribution in [3.63, 3.8) is 0 Å². The maximum Gasteiger partial charge on any atom is 0.340 e. The van der Waals surface area contributed by atoms with Crippen LogP contribution in [0.2, 0.25) is 0 Å². The van der Waals surface area contributed by atoms with E-state index in [1.807, 2.05) is 0 Å². The van der Waals surface area contributed by atoms with E-state index in [1.165, 1.54) is 0 Å². The number of carboxylic acids is 1. The Kier molecular flexibility index (Phi) is 2.19. The Morgan fingerprint density at radius 2 is 2.00 bits per heavy atom. The van der Waals surface area contributed by atoms with Crippen LogP contribution in [0.4, 0.5) is 0 Å². The van der Waals surface area contributed by atoms with Gasteiger partial charge in [-0.3, -0.25) is 4.79 Å². The summed E-state index contributed by atoms with van der Waals surface area (Å²) in [6.45, 7) is 0. The van der Waals surface area contributed by atoms with Crippen molar-refractivity contribution in [2.75, 3.05) is 0 Å². The number of benzene rings is 1. The van der Waals surface area contributed by atoms with Gasteiger partial charge in [-0.05, 0) is 18.2 Å². The molecule has 90 valence electrons. The summed E-state index contributed by atoms with van der Waals surface area (Å²) in [6, 6.07) is 6.75. The zero-order chi connectivity index (χ0) is 12.7. The summed E-state index contributed by atoms with van der Waals surface area (Å²) < 4.78 is 10.3. The van der Waals surface area contributed by atoms with Crippen LogP contribution in [0, 0.1) is 0 Å². The van der Waals surface area contributed by atoms with Crippen LogP contribution in [-0.4, -0.2) is 11.1 Å². The molecule has 0 saturated heterocycles. The van der Waals surface area contributed by atoms with Crippen molar-refractivity contribution in [1.82, 2.24) is 0 Å². The van der Waals surface area contributed by atoms with Crippen LogP contribution in [-0.2, 0) is 11.2 Å². The predicted molar refractivity (Wildman–Crippen MR) is 63.6 cm³/mol. The second kappa shape index (κ2) is 3.73. The highest BCUT2D eigenvalue weighted by Crippen LogP contribution is 2.23. The quantitative estimate of drug-likeness (QED) is 0.698. The molecule has 3 aromatic rings. The Balaban J connectivity index is 2.29. The van der Waals surface area contributed by atoms with Gasteiger partial charge in [-0.25, -0.2) is 4.79 Å². The van der Waals surface area contributed by atoms with Gasteiger partial charge >= 0.3 is 11.6 Å². The fourth-order valence-corrected chi connectivity index (χ4v) is 1.91. The lowest BCUT2D eigenvalue weighted by Gasteiger charge is -2.00. The molecule has 0 bridgehead atoms. The van der Waals surface area contributed by atoms with Gasteiger partial charge in [0.1, 0.15) is 11.2 Å². The number of aliphatic carboxylic acids is 1. The van der Waals surface area contributed by atoms with E-state index < -0.39 is 11.6 Å². The van der Waals surface area contributed by atoms with E-state index in [0.29, 0.717) is 16.6 Å². The fraction of sp³-hybridized carbons (Fsp3) is 0.0769. The van der Waals surface area contributed by atoms with Crippen LogP contribution in [0.1, 0.15) is 5.56 Å². The standard InChI is InChI=1S/C13H8O5/c14-12(15)5-9-4-8-3-7-1-2-17-10(7)6-11(8)18-13(9)16/h1-4,6H,5H2,(H,14,15). The molecule has 2 heterocycles. The summed E-state index contributed by atoms with van der Waals surface area (Å²) in [5, 5.41) is 10.3. The van der Waals surface area contributed by atoms with E-state index in [0.717, 1.165) is 5.39 Å². The van der Waals surface area contributed by atoms with Crippen LogP contribution in [0.15, 0.2) is 44.2 Å². The zero-order valence-corrected chi connectivity index (χ0v) is 9.17. The van der Waals surface area contributed by atoms with Gasteiger partial charge in [0.2, 0.25) is 0 Å². The number of hydrogen-bond acceptors (Lipinski definition) is 4. The lowest BCUT2D eigenvalue weighted by Crippen LogP contribution is -2.12. The van der Waals surface area contributed by atoms with Crippen molar-refractivity contribution in [1.29, 1.82) is 0 Å². The molecular weight excluding hydrogens is 236 g/mol. The summed E-state index contributed by atoms with van der Waals surface area (Å²) in [4.78, 5) is 22.2. The van der Waals surface area contributed by atoms with E-state index in [9.17, 15) is 9.59 Å². The predicted octanol–water partition coefficient (Wildman–Crippen LogP) is 2.17. The van der Waals surface area contributed by atoms with Crippen LogP contribution in [0.3, 0.4) is 0 Å². The molecule has 0 amide bonds. The van der Waals surface area contributed by atoms with Crippen molar-refractivity contribution in [2.24, 2.45) is 0 Å². The van der Waals surface area contributed by atoms with E-state index in [4.69, 9.17) is 13.9 Å². The van der Waals surface area contributed by atoms with Gasteiger partial charge in [-0.1, -0.05) is 0 Å². The number of rotatable bonds is 2. The largest absolute Gasteiger partial charge is 0.481 e. The smallest absolute Gasteiger partial charge is 0.340 e. The van der Waals surface area contributed by atoms with E-state index in [1.54, 1.807) is 30.5 Å². The number of carbonyl (C=O) groups is 1. The first kappa shape index (κ1) is 10.6. The monoisotopic (exact) mass is 244 g/mol. The first-order chi connectivity index (χ1) is 8.63. The maximum atomic E-state index is 11.6. The van der Waals surface area contributed by atoms with Crippen molar-refractivity contribution in [3.05, 3.63) is 46.5 Å². The molecule has 0 aliphatic heterocycles. The molecule has 0 unspecified atom stereocenters. The van der Waals surface area contributed by atoms with Gasteiger partial charge in [0.25, 0.3) is 0 Å². The van der Waals surface area contributed by atoms with Gasteiger partial charge in [0.05, 0.1) is 12.7 Å².